The van der Waals surface area contributed by atoms with Crippen molar-refractivity contribution >= 4 is 23.7 Å². The SMILES string of the molecule is CCCOc1ccc(OC(=O)c2ccc(C(=O)Oc3ccc(SC#N)c(F)c3)cc2)cc1. The molecular weight excluding hydrogens is 433 g/mol. The van der Waals surface area contributed by atoms with Gasteiger partial charge in [0.2, 0.25) is 0 Å². The lowest BCUT2D eigenvalue weighted by Crippen LogP contribution is -2.11. The molecule has 6 nitrogen and oxygen atoms in total. The molecule has 0 unspecified atom stereocenters. The van der Waals surface area contributed by atoms with Gasteiger partial charge in [0.1, 0.15) is 28.5 Å². The largest absolute Gasteiger partial charge is 0.494 e. The van der Waals surface area contributed by atoms with Gasteiger partial charge in [0, 0.05) is 6.07 Å². The highest BCUT2D eigenvalue weighted by molar-refractivity contribution is 8.03. The molecule has 0 aliphatic rings. The van der Waals surface area contributed by atoms with Crippen molar-refractivity contribution in [3.05, 3.63) is 83.7 Å². The van der Waals surface area contributed by atoms with Crippen LogP contribution in [0.4, 0.5) is 4.39 Å². The molecule has 0 saturated carbocycles. The van der Waals surface area contributed by atoms with E-state index in [1.54, 1.807) is 29.7 Å². The van der Waals surface area contributed by atoms with Gasteiger partial charge in [-0.05, 0) is 78.8 Å². The van der Waals surface area contributed by atoms with Crippen molar-refractivity contribution < 1.29 is 28.2 Å². The number of hydrogen-bond acceptors (Lipinski definition) is 7. The second-order valence-electron chi connectivity index (χ2n) is 6.46. The Morgan fingerprint density at radius 3 is 1.94 bits per heavy atom. The Morgan fingerprint density at radius 1 is 0.875 bits per heavy atom. The van der Waals surface area contributed by atoms with Crippen LogP contribution in [0.5, 0.6) is 17.2 Å². The average Bonchev–Trinajstić information content (AvgIpc) is 2.80. The summed E-state index contributed by atoms with van der Waals surface area (Å²) in [5.41, 5.74) is 0.423. The standard InChI is InChI=1S/C24H18FNO5S/c1-2-13-29-18-7-9-19(10-8-18)30-23(27)16-3-5-17(6-4-16)24(28)31-20-11-12-22(32-15-26)21(25)14-20/h3-12,14H,2,13H2,1H3. The second-order valence-corrected chi connectivity index (χ2v) is 7.29. The molecule has 0 amide bonds. The molecule has 0 N–H and O–H groups in total. The third-order valence-electron chi connectivity index (χ3n) is 4.13. The Balaban J connectivity index is 1.60. The average molecular weight is 451 g/mol. The van der Waals surface area contributed by atoms with Crippen molar-refractivity contribution in [2.75, 3.05) is 6.61 Å². The van der Waals surface area contributed by atoms with Gasteiger partial charge in [-0.3, -0.25) is 0 Å². The van der Waals surface area contributed by atoms with E-state index in [0.717, 1.165) is 12.5 Å². The summed E-state index contributed by atoms with van der Waals surface area (Å²) in [5.74, 6) is -0.905. The lowest BCUT2D eigenvalue weighted by atomic mass is 10.1. The highest BCUT2D eigenvalue weighted by Gasteiger charge is 2.14. The third kappa shape index (κ3) is 6.09. The molecule has 0 aromatic heterocycles. The first-order valence-corrected chi connectivity index (χ1v) is 10.4. The number of carbonyl (C=O) groups is 2. The molecule has 0 bridgehead atoms. The van der Waals surface area contributed by atoms with E-state index in [1.807, 2.05) is 6.92 Å². The Kier molecular flexibility index (Phi) is 7.84. The van der Waals surface area contributed by atoms with Crippen LogP contribution >= 0.6 is 11.8 Å². The zero-order chi connectivity index (χ0) is 22.9. The Hall–Kier alpha value is -3.83. The zero-order valence-corrected chi connectivity index (χ0v) is 17.9. The van der Waals surface area contributed by atoms with Gasteiger partial charge in [0.15, 0.2) is 0 Å². The maximum absolute atomic E-state index is 13.9. The number of benzene rings is 3. The summed E-state index contributed by atoms with van der Waals surface area (Å²) >= 11 is 0.674. The Morgan fingerprint density at radius 2 is 1.41 bits per heavy atom. The second kappa shape index (κ2) is 11.0. The summed E-state index contributed by atoms with van der Waals surface area (Å²) < 4.78 is 29.8. The van der Waals surface area contributed by atoms with Crippen LogP contribution in [-0.4, -0.2) is 18.5 Å². The van der Waals surface area contributed by atoms with E-state index in [0.29, 0.717) is 29.9 Å². The smallest absolute Gasteiger partial charge is 0.343 e. The summed E-state index contributed by atoms with van der Waals surface area (Å²) in [6.07, 6.45) is 0.894. The first-order chi connectivity index (χ1) is 15.5. The molecule has 3 rings (SSSR count). The summed E-state index contributed by atoms with van der Waals surface area (Å²) in [5, 5.41) is 10.4. The zero-order valence-electron chi connectivity index (χ0n) is 17.0. The molecule has 0 saturated heterocycles. The number of esters is 2. The van der Waals surface area contributed by atoms with Crippen LogP contribution in [0.25, 0.3) is 0 Å². The number of rotatable bonds is 8. The van der Waals surface area contributed by atoms with Crippen LogP contribution in [-0.2, 0) is 0 Å². The lowest BCUT2D eigenvalue weighted by molar-refractivity contribution is 0.0720. The highest BCUT2D eigenvalue weighted by atomic mass is 32.2. The summed E-state index contributed by atoms with van der Waals surface area (Å²) in [6, 6.07) is 16.2. The minimum atomic E-state index is -0.715. The Labute approximate surface area is 188 Å². The van der Waals surface area contributed by atoms with Crippen LogP contribution in [0.2, 0.25) is 0 Å². The maximum atomic E-state index is 13.9. The normalized spacial score (nSPS) is 10.2. The molecule has 0 spiro atoms. The number of ether oxygens (including phenoxy) is 3. The maximum Gasteiger partial charge on any atom is 0.343 e. The van der Waals surface area contributed by atoms with Crippen LogP contribution in [0.15, 0.2) is 71.6 Å². The van der Waals surface area contributed by atoms with Gasteiger partial charge in [-0.1, -0.05) is 6.92 Å². The van der Waals surface area contributed by atoms with E-state index >= 15 is 0 Å². The molecule has 0 aliphatic heterocycles. The van der Waals surface area contributed by atoms with Gasteiger partial charge in [-0.25, -0.2) is 14.0 Å². The summed E-state index contributed by atoms with van der Waals surface area (Å²) in [6.45, 7) is 2.61. The number of thioether (sulfide) groups is 1. The predicted octanol–water partition coefficient (Wildman–Crippen LogP) is 5.63. The molecule has 0 radical (unpaired) electrons. The Bertz CT molecular complexity index is 1140. The molecule has 0 heterocycles. The highest BCUT2D eigenvalue weighted by Crippen LogP contribution is 2.25. The van der Waals surface area contributed by atoms with E-state index in [-0.39, 0.29) is 21.8 Å². The fourth-order valence-electron chi connectivity index (χ4n) is 2.58. The molecule has 8 heteroatoms. The molecule has 0 atom stereocenters. The number of thiocyanates is 1. The number of nitrogens with zero attached hydrogens (tertiary/aromatic N) is 1. The van der Waals surface area contributed by atoms with E-state index < -0.39 is 17.8 Å². The quantitative estimate of drug-likeness (QED) is 0.190. The van der Waals surface area contributed by atoms with Gasteiger partial charge in [0.25, 0.3) is 0 Å². The summed E-state index contributed by atoms with van der Waals surface area (Å²) in [7, 11) is 0. The number of hydrogen-bond donors (Lipinski definition) is 0. The van der Waals surface area contributed by atoms with Crippen LogP contribution in [0.1, 0.15) is 34.1 Å². The molecule has 32 heavy (non-hydrogen) atoms. The van der Waals surface area contributed by atoms with Crippen molar-refractivity contribution in [1.82, 2.24) is 0 Å². The van der Waals surface area contributed by atoms with Crippen LogP contribution in [0.3, 0.4) is 0 Å². The molecular formula is C24H18FNO5S. The number of carbonyl (C=O) groups excluding carboxylic acids is 2. The van der Waals surface area contributed by atoms with Gasteiger partial charge in [-0.15, -0.1) is 0 Å². The van der Waals surface area contributed by atoms with Crippen molar-refractivity contribution in [2.24, 2.45) is 0 Å². The van der Waals surface area contributed by atoms with Crippen molar-refractivity contribution in [3.63, 3.8) is 0 Å². The molecule has 0 fully saturated rings. The van der Waals surface area contributed by atoms with Crippen molar-refractivity contribution in [2.45, 2.75) is 18.2 Å². The fourth-order valence-corrected chi connectivity index (χ4v) is 2.97. The number of halogens is 1. The van der Waals surface area contributed by atoms with E-state index in [9.17, 15) is 14.0 Å². The first-order valence-electron chi connectivity index (χ1n) is 9.63. The third-order valence-corrected chi connectivity index (χ3v) is 4.78. The molecule has 162 valence electrons. The van der Waals surface area contributed by atoms with E-state index in [2.05, 4.69) is 0 Å². The van der Waals surface area contributed by atoms with Crippen LogP contribution < -0.4 is 14.2 Å². The fraction of sp³-hybridized carbons (Fsp3) is 0.125. The van der Waals surface area contributed by atoms with Crippen LogP contribution in [0, 0.1) is 16.5 Å². The summed E-state index contributed by atoms with van der Waals surface area (Å²) in [4.78, 5) is 24.8. The van der Waals surface area contributed by atoms with E-state index in [4.69, 9.17) is 19.5 Å². The topological polar surface area (TPSA) is 85.6 Å². The monoisotopic (exact) mass is 451 g/mol. The minimum absolute atomic E-state index is 0.00430. The van der Waals surface area contributed by atoms with Gasteiger partial charge in [-0.2, -0.15) is 5.26 Å². The van der Waals surface area contributed by atoms with Gasteiger partial charge >= 0.3 is 11.9 Å². The molecule has 0 aliphatic carbocycles. The molecule has 3 aromatic rings. The van der Waals surface area contributed by atoms with E-state index in [1.165, 1.54) is 36.4 Å². The first kappa shape index (κ1) is 22.8. The van der Waals surface area contributed by atoms with Crippen molar-refractivity contribution in [3.8, 4) is 22.6 Å². The predicted molar refractivity (Wildman–Crippen MR) is 116 cm³/mol. The van der Waals surface area contributed by atoms with Gasteiger partial charge in [0.05, 0.1) is 22.6 Å². The lowest BCUT2D eigenvalue weighted by Gasteiger charge is -2.08. The molecule has 3 aromatic carbocycles. The minimum Gasteiger partial charge on any atom is -0.494 e. The number of nitriles is 1. The van der Waals surface area contributed by atoms with Gasteiger partial charge < -0.3 is 14.2 Å². The van der Waals surface area contributed by atoms with Crippen molar-refractivity contribution in [1.29, 1.82) is 5.26 Å².